The molecule has 9 aromatic carbocycles. The highest BCUT2D eigenvalue weighted by Crippen LogP contribution is 2.56. The number of benzene rings is 9. The monoisotopic (exact) mass is 800 g/mol. The standard InChI is InChI=1S/C58H44N2S/c1-57(2)48-27-15-13-22-41(48)43-32-30-40(35-50(43)57)60(38-20-9-6-10-21-38)52-36-54-55(45-25-12-11-24-44(45)52)47-34-39(31-33-53(47)61-54)59(37-18-7-5-8-19-37)51-29-17-26-46-42-23-14-16-28-49(42)58(3,4)56(46)51/h5-36H,1-4H3. The summed E-state index contributed by atoms with van der Waals surface area (Å²) in [6.45, 7) is 9.49. The Bertz CT molecular complexity index is 3380. The zero-order chi connectivity index (χ0) is 41.0. The molecule has 10 aromatic rings. The summed E-state index contributed by atoms with van der Waals surface area (Å²) in [6.07, 6.45) is 0. The van der Waals surface area contributed by atoms with Crippen molar-refractivity contribution in [3.8, 4) is 22.3 Å². The van der Waals surface area contributed by atoms with E-state index in [4.69, 9.17) is 0 Å². The molecular formula is C58H44N2S. The largest absolute Gasteiger partial charge is 0.310 e. The van der Waals surface area contributed by atoms with Crippen molar-refractivity contribution in [3.63, 3.8) is 0 Å². The summed E-state index contributed by atoms with van der Waals surface area (Å²) in [5, 5.41) is 5.07. The minimum absolute atomic E-state index is 0.104. The number of para-hydroxylation sites is 2. The van der Waals surface area contributed by atoms with Gasteiger partial charge < -0.3 is 9.80 Å². The molecule has 0 bridgehead atoms. The Labute approximate surface area is 361 Å². The van der Waals surface area contributed by atoms with E-state index < -0.39 is 0 Å². The maximum Gasteiger partial charge on any atom is 0.0554 e. The zero-order valence-corrected chi connectivity index (χ0v) is 35.6. The van der Waals surface area contributed by atoms with Crippen molar-refractivity contribution in [2.45, 2.75) is 38.5 Å². The van der Waals surface area contributed by atoms with Gasteiger partial charge in [-0.1, -0.05) is 155 Å². The van der Waals surface area contributed by atoms with Crippen molar-refractivity contribution < 1.29 is 0 Å². The van der Waals surface area contributed by atoms with Gasteiger partial charge in [0, 0.05) is 59.1 Å². The molecular weight excluding hydrogens is 757 g/mol. The summed E-state index contributed by atoms with van der Waals surface area (Å²) in [6, 6.07) is 72.1. The molecule has 0 radical (unpaired) electrons. The lowest BCUT2D eigenvalue weighted by atomic mass is 9.81. The second-order valence-electron chi connectivity index (χ2n) is 17.7. The zero-order valence-electron chi connectivity index (χ0n) is 34.8. The molecule has 292 valence electrons. The van der Waals surface area contributed by atoms with Crippen LogP contribution in [0.1, 0.15) is 49.9 Å². The van der Waals surface area contributed by atoms with E-state index in [0.717, 1.165) is 22.7 Å². The number of thiophene rings is 1. The maximum atomic E-state index is 2.48. The Morgan fingerprint density at radius 2 is 0.885 bits per heavy atom. The van der Waals surface area contributed by atoms with Gasteiger partial charge in [-0.15, -0.1) is 11.3 Å². The van der Waals surface area contributed by atoms with Crippen LogP contribution in [0.4, 0.5) is 34.1 Å². The predicted octanol–water partition coefficient (Wildman–Crippen LogP) is 16.8. The van der Waals surface area contributed by atoms with Gasteiger partial charge in [-0.2, -0.15) is 0 Å². The molecule has 0 spiro atoms. The van der Waals surface area contributed by atoms with E-state index in [1.165, 1.54) is 86.8 Å². The summed E-state index contributed by atoms with van der Waals surface area (Å²) >= 11 is 1.89. The van der Waals surface area contributed by atoms with Gasteiger partial charge in [0.1, 0.15) is 0 Å². The fraction of sp³-hybridized carbons (Fsp3) is 0.103. The van der Waals surface area contributed by atoms with Gasteiger partial charge >= 0.3 is 0 Å². The topological polar surface area (TPSA) is 6.48 Å². The second-order valence-corrected chi connectivity index (χ2v) is 18.8. The van der Waals surface area contributed by atoms with Crippen molar-refractivity contribution in [2.75, 3.05) is 9.80 Å². The first-order valence-electron chi connectivity index (χ1n) is 21.4. The van der Waals surface area contributed by atoms with Gasteiger partial charge in [0.15, 0.2) is 0 Å². The van der Waals surface area contributed by atoms with Crippen molar-refractivity contribution in [1.82, 2.24) is 0 Å². The lowest BCUT2D eigenvalue weighted by Crippen LogP contribution is -2.20. The van der Waals surface area contributed by atoms with Crippen LogP contribution in [0.2, 0.25) is 0 Å². The quantitative estimate of drug-likeness (QED) is 0.165. The van der Waals surface area contributed by atoms with Crippen LogP contribution in [0.15, 0.2) is 194 Å². The van der Waals surface area contributed by atoms with Crippen LogP contribution in [0.25, 0.3) is 53.2 Å². The molecule has 0 saturated heterocycles. The molecule has 2 aliphatic rings. The second kappa shape index (κ2) is 13.3. The molecule has 0 N–H and O–H groups in total. The summed E-state index contributed by atoms with van der Waals surface area (Å²) < 4.78 is 2.56. The maximum absolute atomic E-state index is 2.48. The molecule has 0 aliphatic heterocycles. The third-order valence-electron chi connectivity index (χ3n) is 13.6. The molecule has 0 amide bonds. The first kappa shape index (κ1) is 36.0. The average molecular weight is 801 g/mol. The van der Waals surface area contributed by atoms with Gasteiger partial charge in [0.05, 0.1) is 11.4 Å². The van der Waals surface area contributed by atoms with Crippen molar-refractivity contribution in [3.05, 3.63) is 216 Å². The first-order chi connectivity index (χ1) is 29.8. The van der Waals surface area contributed by atoms with Crippen LogP contribution >= 0.6 is 11.3 Å². The smallest absolute Gasteiger partial charge is 0.0554 e. The number of rotatable bonds is 6. The summed E-state index contributed by atoms with van der Waals surface area (Å²) in [5.41, 5.74) is 17.6. The van der Waals surface area contributed by atoms with Crippen molar-refractivity contribution in [1.29, 1.82) is 0 Å². The third kappa shape index (κ3) is 5.27. The Kier molecular flexibility index (Phi) is 7.83. The Morgan fingerprint density at radius 3 is 1.61 bits per heavy atom. The molecule has 0 unspecified atom stereocenters. The molecule has 0 saturated carbocycles. The Morgan fingerprint density at radius 1 is 0.344 bits per heavy atom. The fourth-order valence-electron chi connectivity index (χ4n) is 10.8. The van der Waals surface area contributed by atoms with E-state index in [2.05, 4.69) is 232 Å². The third-order valence-corrected chi connectivity index (χ3v) is 14.7. The van der Waals surface area contributed by atoms with E-state index in [1.54, 1.807) is 0 Å². The average Bonchev–Trinajstić information content (AvgIpc) is 3.87. The highest BCUT2D eigenvalue weighted by atomic mass is 32.1. The Balaban J connectivity index is 1.06. The number of anilines is 6. The van der Waals surface area contributed by atoms with E-state index in [9.17, 15) is 0 Å². The highest BCUT2D eigenvalue weighted by molar-refractivity contribution is 7.26. The molecule has 3 heteroatoms. The first-order valence-corrected chi connectivity index (χ1v) is 22.2. The van der Waals surface area contributed by atoms with Crippen LogP contribution in [-0.4, -0.2) is 0 Å². The molecule has 12 rings (SSSR count). The normalized spacial score (nSPS) is 14.2. The van der Waals surface area contributed by atoms with E-state index in [-0.39, 0.29) is 10.8 Å². The molecule has 0 atom stereocenters. The summed E-state index contributed by atoms with van der Waals surface area (Å²) in [4.78, 5) is 4.96. The van der Waals surface area contributed by atoms with Gasteiger partial charge in [-0.25, -0.2) is 0 Å². The molecule has 2 nitrogen and oxygen atoms in total. The number of nitrogens with zero attached hydrogens (tertiary/aromatic N) is 2. The summed E-state index contributed by atoms with van der Waals surface area (Å²) in [5.74, 6) is 0. The van der Waals surface area contributed by atoms with Crippen LogP contribution in [0.5, 0.6) is 0 Å². The van der Waals surface area contributed by atoms with Crippen LogP contribution in [-0.2, 0) is 10.8 Å². The van der Waals surface area contributed by atoms with Gasteiger partial charge in [0.25, 0.3) is 0 Å². The van der Waals surface area contributed by atoms with Crippen molar-refractivity contribution in [2.24, 2.45) is 0 Å². The molecule has 0 fully saturated rings. The minimum atomic E-state index is -0.162. The fourth-order valence-corrected chi connectivity index (χ4v) is 11.9. The molecule has 61 heavy (non-hydrogen) atoms. The van der Waals surface area contributed by atoms with E-state index >= 15 is 0 Å². The lowest BCUT2D eigenvalue weighted by molar-refractivity contribution is 0.660. The van der Waals surface area contributed by atoms with Gasteiger partial charge in [0.2, 0.25) is 0 Å². The van der Waals surface area contributed by atoms with E-state index in [1.807, 2.05) is 11.3 Å². The molecule has 2 aliphatic carbocycles. The van der Waals surface area contributed by atoms with Gasteiger partial charge in [-0.05, 0) is 117 Å². The van der Waals surface area contributed by atoms with Crippen LogP contribution in [0.3, 0.4) is 0 Å². The summed E-state index contributed by atoms with van der Waals surface area (Å²) in [7, 11) is 0. The predicted molar refractivity (Wildman–Crippen MR) is 261 cm³/mol. The number of hydrogen-bond donors (Lipinski definition) is 0. The van der Waals surface area contributed by atoms with Gasteiger partial charge in [-0.3, -0.25) is 0 Å². The highest BCUT2D eigenvalue weighted by Gasteiger charge is 2.39. The molecule has 1 heterocycles. The number of hydrogen-bond acceptors (Lipinski definition) is 3. The number of fused-ring (bicyclic) bond motifs is 11. The Hall–Kier alpha value is -6.94. The SMILES string of the molecule is CC1(C)c2ccccc2-c2ccc(N(c3ccccc3)c3cc4sc5ccc(N(c6ccccc6)c6cccc7c6C(C)(C)c6ccccc6-7)cc5c4c4ccccc34)cc21. The van der Waals surface area contributed by atoms with E-state index in [0.29, 0.717) is 0 Å². The molecule has 1 aromatic heterocycles. The lowest BCUT2D eigenvalue weighted by Gasteiger charge is -2.32. The van der Waals surface area contributed by atoms with Crippen LogP contribution in [0, 0.1) is 0 Å². The van der Waals surface area contributed by atoms with Crippen LogP contribution < -0.4 is 9.80 Å². The van der Waals surface area contributed by atoms with Crippen molar-refractivity contribution >= 4 is 76.4 Å². The minimum Gasteiger partial charge on any atom is -0.310 e.